The minimum Gasteiger partial charge on any atom is -0.480 e. The maximum atomic E-state index is 11.6. The van der Waals surface area contributed by atoms with Gasteiger partial charge in [-0.1, -0.05) is 12.1 Å². The predicted molar refractivity (Wildman–Crippen MR) is 66.4 cm³/mol. The van der Waals surface area contributed by atoms with Gasteiger partial charge in [0.1, 0.15) is 6.04 Å². The van der Waals surface area contributed by atoms with Gasteiger partial charge in [0.2, 0.25) is 0 Å². The molecular formula is C12H13N3O4. The van der Waals surface area contributed by atoms with Gasteiger partial charge in [-0.2, -0.15) is 0 Å². The van der Waals surface area contributed by atoms with Crippen LogP contribution >= 0.6 is 0 Å². The summed E-state index contributed by atoms with van der Waals surface area (Å²) in [6, 6.07) is 5.12. The summed E-state index contributed by atoms with van der Waals surface area (Å²) in [5.41, 5.74) is 6.45. The van der Waals surface area contributed by atoms with E-state index in [0.29, 0.717) is 24.3 Å². The molecule has 0 radical (unpaired) electrons. The van der Waals surface area contributed by atoms with Gasteiger partial charge in [-0.15, -0.1) is 0 Å². The van der Waals surface area contributed by atoms with E-state index in [0.717, 1.165) is 0 Å². The van der Waals surface area contributed by atoms with E-state index in [-0.39, 0.29) is 0 Å². The third kappa shape index (κ3) is 2.55. The van der Waals surface area contributed by atoms with Gasteiger partial charge in [0.25, 0.3) is 0 Å². The molecule has 1 unspecified atom stereocenters. The van der Waals surface area contributed by atoms with E-state index >= 15 is 0 Å². The summed E-state index contributed by atoms with van der Waals surface area (Å²) < 4.78 is 0. The molecule has 1 aliphatic rings. The van der Waals surface area contributed by atoms with Crippen LogP contribution in [-0.2, 0) is 14.4 Å². The molecule has 1 aromatic rings. The number of hydrogen-bond acceptors (Lipinski definition) is 4. The average molecular weight is 263 g/mol. The summed E-state index contributed by atoms with van der Waals surface area (Å²) in [6.07, 6.45) is 0. The molecule has 0 aliphatic carbocycles. The van der Waals surface area contributed by atoms with Crippen molar-refractivity contribution in [2.75, 3.05) is 18.0 Å². The summed E-state index contributed by atoms with van der Waals surface area (Å²) in [5.74, 6) is -2.39. The molecule has 7 heteroatoms. The summed E-state index contributed by atoms with van der Waals surface area (Å²) in [4.78, 5) is 35.0. The third-order valence-electron chi connectivity index (χ3n) is 2.89. The minimum atomic E-state index is -1.12. The molecule has 0 bridgehead atoms. The molecule has 1 aromatic carbocycles. The van der Waals surface area contributed by atoms with Crippen molar-refractivity contribution in [2.24, 2.45) is 5.73 Å². The van der Waals surface area contributed by atoms with Crippen molar-refractivity contribution in [1.82, 2.24) is 5.32 Å². The van der Waals surface area contributed by atoms with Gasteiger partial charge >= 0.3 is 17.8 Å². The number of nitrogens with two attached hydrogens (primary N) is 1. The molecule has 2 rings (SSSR count). The maximum Gasteiger partial charge on any atom is 0.325 e. The van der Waals surface area contributed by atoms with Crippen LogP contribution in [0, 0.1) is 0 Å². The van der Waals surface area contributed by atoms with Gasteiger partial charge in [0.05, 0.1) is 0 Å². The Morgan fingerprint density at radius 1 is 1.32 bits per heavy atom. The lowest BCUT2D eigenvalue weighted by molar-refractivity contribution is -0.138. The zero-order valence-electron chi connectivity index (χ0n) is 10.00. The number of nitrogens with zero attached hydrogens (tertiary/aromatic N) is 1. The van der Waals surface area contributed by atoms with Crippen LogP contribution in [0.25, 0.3) is 0 Å². The van der Waals surface area contributed by atoms with Gasteiger partial charge in [-0.25, -0.2) is 0 Å². The number of carbonyl (C=O) groups is 3. The van der Waals surface area contributed by atoms with Crippen molar-refractivity contribution in [3.8, 4) is 0 Å². The summed E-state index contributed by atoms with van der Waals surface area (Å²) >= 11 is 0. The molecule has 1 aliphatic heterocycles. The van der Waals surface area contributed by atoms with Gasteiger partial charge in [-0.3, -0.25) is 14.4 Å². The number of nitrogens with one attached hydrogen (secondary N) is 1. The number of aliphatic carboxylic acids is 1. The zero-order chi connectivity index (χ0) is 14.0. The van der Waals surface area contributed by atoms with Crippen LogP contribution in [0.3, 0.4) is 0 Å². The van der Waals surface area contributed by atoms with E-state index in [1.165, 1.54) is 17.0 Å². The first-order valence-corrected chi connectivity index (χ1v) is 5.69. The zero-order valence-corrected chi connectivity index (χ0v) is 10.00. The fourth-order valence-electron chi connectivity index (χ4n) is 1.83. The highest BCUT2D eigenvalue weighted by Crippen LogP contribution is 2.19. The normalized spacial score (nSPS) is 17.0. The van der Waals surface area contributed by atoms with E-state index in [1.807, 2.05) is 0 Å². The minimum absolute atomic E-state index is 0.384. The molecule has 1 fully saturated rings. The van der Waals surface area contributed by atoms with E-state index in [2.05, 4.69) is 5.32 Å². The monoisotopic (exact) mass is 263 g/mol. The number of piperazine rings is 1. The molecule has 0 saturated carbocycles. The summed E-state index contributed by atoms with van der Waals surface area (Å²) in [7, 11) is 0. The Labute approximate surface area is 109 Å². The van der Waals surface area contributed by atoms with Crippen molar-refractivity contribution >= 4 is 23.5 Å². The molecule has 0 aromatic heterocycles. The standard InChI is InChI=1S/C12H13N3O4/c13-9(12(18)19)7-1-3-8(4-2-7)15-6-5-14-10(16)11(15)17/h1-4,9H,5-6,13H2,(H,14,16)(H,18,19). The topological polar surface area (TPSA) is 113 Å². The van der Waals surface area contributed by atoms with Crippen LogP contribution in [0.4, 0.5) is 5.69 Å². The second kappa shape index (κ2) is 5.07. The van der Waals surface area contributed by atoms with Crippen LogP contribution in [0.5, 0.6) is 0 Å². The molecule has 19 heavy (non-hydrogen) atoms. The lowest BCUT2D eigenvalue weighted by Gasteiger charge is -2.26. The molecule has 7 nitrogen and oxygen atoms in total. The van der Waals surface area contributed by atoms with Crippen molar-refractivity contribution < 1.29 is 19.5 Å². The number of carboxylic acid groups (broad SMARTS) is 1. The molecule has 2 amide bonds. The van der Waals surface area contributed by atoms with Crippen molar-refractivity contribution in [3.63, 3.8) is 0 Å². The van der Waals surface area contributed by atoms with Crippen molar-refractivity contribution in [3.05, 3.63) is 29.8 Å². The Hall–Kier alpha value is -2.41. The van der Waals surface area contributed by atoms with Crippen LogP contribution in [-0.4, -0.2) is 36.0 Å². The molecule has 100 valence electrons. The first-order valence-electron chi connectivity index (χ1n) is 5.69. The molecule has 1 heterocycles. The second-order valence-corrected chi connectivity index (χ2v) is 4.12. The van der Waals surface area contributed by atoms with E-state index < -0.39 is 23.8 Å². The Bertz CT molecular complexity index is 526. The molecule has 4 N–H and O–H groups in total. The summed E-state index contributed by atoms with van der Waals surface area (Å²) in [5, 5.41) is 11.2. The predicted octanol–water partition coefficient (Wildman–Crippen LogP) is -0.766. The summed E-state index contributed by atoms with van der Waals surface area (Å²) in [6.45, 7) is 0.774. The number of carboxylic acids is 1. The number of carbonyl (C=O) groups excluding carboxylic acids is 2. The second-order valence-electron chi connectivity index (χ2n) is 4.12. The van der Waals surface area contributed by atoms with Crippen LogP contribution in [0.15, 0.2) is 24.3 Å². The Morgan fingerprint density at radius 2 is 1.95 bits per heavy atom. The first kappa shape index (κ1) is 13.0. The van der Waals surface area contributed by atoms with Gasteiger partial charge < -0.3 is 21.1 Å². The van der Waals surface area contributed by atoms with Crippen LogP contribution in [0.2, 0.25) is 0 Å². The molecular weight excluding hydrogens is 250 g/mol. The lowest BCUT2D eigenvalue weighted by Crippen LogP contribution is -2.52. The van der Waals surface area contributed by atoms with Gasteiger partial charge in [0, 0.05) is 18.8 Å². The quantitative estimate of drug-likeness (QED) is 0.620. The van der Waals surface area contributed by atoms with E-state index in [1.54, 1.807) is 12.1 Å². The van der Waals surface area contributed by atoms with E-state index in [9.17, 15) is 14.4 Å². The van der Waals surface area contributed by atoms with Gasteiger partial charge in [0.15, 0.2) is 0 Å². The molecule has 1 atom stereocenters. The first-order chi connectivity index (χ1) is 9.00. The Kier molecular flexibility index (Phi) is 3.48. The lowest BCUT2D eigenvalue weighted by atomic mass is 10.1. The highest BCUT2D eigenvalue weighted by atomic mass is 16.4. The maximum absolute atomic E-state index is 11.6. The highest BCUT2D eigenvalue weighted by molar-refractivity contribution is 6.41. The molecule has 1 saturated heterocycles. The smallest absolute Gasteiger partial charge is 0.325 e. The van der Waals surface area contributed by atoms with Crippen LogP contribution < -0.4 is 16.0 Å². The number of hydrogen-bond donors (Lipinski definition) is 3. The molecule has 0 spiro atoms. The Balaban J connectivity index is 2.20. The van der Waals surface area contributed by atoms with Crippen LogP contribution in [0.1, 0.15) is 11.6 Å². The number of amides is 2. The van der Waals surface area contributed by atoms with E-state index in [4.69, 9.17) is 10.8 Å². The number of benzene rings is 1. The fourth-order valence-corrected chi connectivity index (χ4v) is 1.83. The largest absolute Gasteiger partial charge is 0.480 e. The van der Waals surface area contributed by atoms with Gasteiger partial charge in [-0.05, 0) is 17.7 Å². The van der Waals surface area contributed by atoms with Crippen molar-refractivity contribution in [2.45, 2.75) is 6.04 Å². The third-order valence-corrected chi connectivity index (χ3v) is 2.89. The Morgan fingerprint density at radius 3 is 2.53 bits per heavy atom. The number of anilines is 1. The number of rotatable bonds is 3. The SMILES string of the molecule is NC(C(=O)O)c1ccc(N2CCNC(=O)C2=O)cc1. The average Bonchev–Trinajstić information content (AvgIpc) is 2.41. The highest BCUT2D eigenvalue weighted by Gasteiger charge is 2.27. The fraction of sp³-hybridized carbons (Fsp3) is 0.250. The van der Waals surface area contributed by atoms with Crippen molar-refractivity contribution in [1.29, 1.82) is 0 Å².